The number of esters is 7. The molecule has 17 nitrogen and oxygen atoms in total. The van der Waals surface area contributed by atoms with Crippen molar-refractivity contribution < 1.29 is 66.7 Å². The van der Waals surface area contributed by atoms with Gasteiger partial charge in [-0.05, 0) is 319 Å². The molecule has 0 amide bonds. The van der Waals surface area contributed by atoms with Crippen LogP contribution in [0.1, 0.15) is 589 Å². The number of carbonyl (C=O) groups is 7. The number of nitrogens with zero attached hydrogens (tertiary/aromatic N) is 3. The number of carbonyl (C=O) groups excluding carboxylic acids is 7. The Morgan fingerprint density at radius 3 is 0.594 bits per heavy atom. The number of methoxy groups -OCH3 is 1. The molecule has 2 unspecified atom stereocenters. The lowest BCUT2D eigenvalue weighted by atomic mass is 10.0. The number of hydrogen-bond donors (Lipinski definition) is 0. The van der Waals surface area contributed by atoms with Crippen molar-refractivity contribution >= 4 is 41.8 Å². The Morgan fingerprint density at radius 2 is 0.364 bits per heavy atom. The number of allylic oxidation sites excluding steroid dienone is 10. The van der Waals surface area contributed by atoms with Crippen LogP contribution in [0.4, 0.5) is 0 Å². The van der Waals surface area contributed by atoms with Crippen molar-refractivity contribution in [3.8, 4) is 0 Å². The average molecular weight is 2020 g/mol. The molecule has 0 aromatic rings. The molecular weight excluding hydrogens is 1780 g/mol. The van der Waals surface area contributed by atoms with Gasteiger partial charge in [0.05, 0.1) is 13.7 Å². The first kappa shape index (κ1) is 146. The van der Waals surface area contributed by atoms with Gasteiger partial charge in [-0.3, -0.25) is 33.6 Å². The Balaban J connectivity index is -0.000000662. The third-order valence-electron chi connectivity index (χ3n) is 26.4. The van der Waals surface area contributed by atoms with E-state index in [2.05, 4.69) is 136 Å². The molecule has 0 aromatic carbocycles. The first-order valence-corrected chi connectivity index (χ1v) is 59.8. The van der Waals surface area contributed by atoms with E-state index in [4.69, 9.17) is 28.4 Å². The molecule has 0 fully saturated rings. The minimum Gasteiger partial charge on any atom is -0.469 e. The number of hydrogen-bond acceptors (Lipinski definition) is 17. The van der Waals surface area contributed by atoms with Crippen LogP contribution in [0.15, 0.2) is 72.9 Å². The molecule has 0 spiro atoms. The molecule has 0 saturated carbocycles. The predicted octanol–water partition coefficient (Wildman–Crippen LogP) is 36.7. The van der Waals surface area contributed by atoms with Gasteiger partial charge in [0.15, 0.2) is 0 Å². The molecule has 143 heavy (non-hydrogen) atoms. The maximum Gasteiger partial charge on any atom is 0.306 e. The largest absolute Gasteiger partial charge is 0.469 e. The van der Waals surface area contributed by atoms with E-state index in [1.807, 2.05) is 33.2 Å². The first-order chi connectivity index (χ1) is 68.9. The molecule has 17 heteroatoms. The Bertz CT molecular complexity index is 2800. The fourth-order valence-electron chi connectivity index (χ4n) is 17.5. The van der Waals surface area contributed by atoms with Gasteiger partial charge in [0.25, 0.3) is 0 Å². The number of ether oxygens (including phenoxy) is 7. The van der Waals surface area contributed by atoms with E-state index in [1.165, 1.54) is 322 Å². The van der Waals surface area contributed by atoms with Crippen molar-refractivity contribution in [2.75, 3.05) is 88.9 Å². The van der Waals surface area contributed by atoms with Crippen LogP contribution in [-0.4, -0.2) is 164 Å². The van der Waals surface area contributed by atoms with E-state index in [-0.39, 0.29) is 75.0 Å². The van der Waals surface area contributed by atoms with Gasteiger partial charge in [-0.1, -0.05) is 359 Å². The van der Waals surface area contributed by atoms with E-state index in [0.29, 0.717) is 64.8 Å². The van der Waals surface area contributed by atoms with Crippen molar-refractivity contribution in [2.45, 2.75) is 607 Å². The summed E-state index contributed by atoms with van der Waals surface area (Å²) in [4.78, 5) is 90.3. The van der Waals surface area contributed by atoms with Crippen LogP contribution in [0.25, 0.3) is 0 Å². The van der Waals surface area contributed by atoms with Crippen LogP contribution >= 0.6 is 0 Å². The summed E-state index contributed by atoms with van der Waals surface area (Å²) in [5.41, 5.74) is 0. The summed E-state index contributed by atoms with van der Waals surface area (Å²) < 4.78 is 38.2. The monoisotopic (exact) mass is 2020 g/mol. The van der Waals surface area contributed by atoms with Gasteiger partial charge in [0.2, 0.25) is 0 Å². The van der Waals surface area contributed by atoms with Gasteiger partial charge < -0.3 is 47.9 Å². The Labute approximate surface area is 886 Å². The fourth-order valence-corrected chi connectivity index (χ4v) is 17.5. The van der Waals surface area contributed by atoms with E-state index < -0.39 is 0 Å². The van der Waals surface area contributed by atoms with Crippen LogP contribution < -0.4 is 0 Å². The van der Waals surface area contributed by atoms with Crippen LogP contribution in [0.3, 0.4) is 0 Å². The van der Waals surface area contributed by atoms with E-state index >= 15 is 0 Å². The molecule has 0 aliphatic carbocycles. The molecule has 0 rings (SSSR count). The number of unbranched alkanes of at least 4 members (excludes halogenated alkanes) is 56. The van der Waals surface area contributed by atoms with Crippen molar-refractivity contribution in [1.82, 2.24) is 14.7 Å². The molecule has 842 valence electrons. The summed E-state index contributed by atoms with van der Waals surface area (Å²) >= 11 is 0. The van der Waals surface area contributed by atoms with E-state index in [0.717, 1.165) is 199 Å². The highest BCUT2D eigenvalue weighted by Crippen LogP contribution is 2.25. The molecule has 0 aliphatic heterocycles. The van der Waals surface area contributed by atoms with Gasteiger partial charge in [0, 0.05) is 44.9 Å². The van der Waals surface area contributed by atoms with Crippen LogP contribution in [0.2, 0.25) is 0 Å². The van der Waals surface area contributed by atoms with Gasteiger partial charge in [0.1, 0.15) is 31.5 Å². The lowest BCUT2D eigenvalue weighted by Crippen LogP contribution is -2.20. The third kappa shape index (κ3) is 127. The van der Waals surface area contributed by atoms with Crippen LogP contribution in [0, 0.1) is 0 Å². The summed E-state index contributed by atoms with van der Waals surface area (Å²) in [6, 6.07) is 0. The van der Waals surface area contributed by atoms with Crippen LogP contribution in [0.5, 0.6) is 0 Å². The third-order valence-corrected chi connectivity index (χ3v) is 26.4. The van der Waals surface area contributed by atoms with Crippen LogP contribution in [-0.2, 0) is 66.7 Å². The summed E-state index contributed by atoms with van der Waals surface area (Å²) in [5.74, 6) is -0.471. The SMILES string of the molecule is C.C.CCCCC/C=C\CCCCCCCCC(CCCCCCCC/C=C\CCCCC(=O)OCC)OC(=O)CCCN(C)C.CCCCCC/C=C\COC(=O)CCCCCCCC(CCCCCCCC(=O)OC/C=C\CCCCCC)OC(=O)CCCN(C)C.CCCCCCCC/C=C\CCCCCCCCC(CCCCCCCC/C=C\CCCCCCCC(=O)OC)OC(=O)CCCN(C)C. The fraction of sp³-hybridized carbons (Fsp3) is 0.849. The second-order valence-electron chi connectivity index (χ2n) is 41.3. The summed E-state index contributed by atoms with van der Waals surface area (Å²) in [6.45, 7) is 14.8. The van der Waals surface area contributed by atoms with Crippen molar-refractivity contribution in [2.24, 2.45) is 0 Å². The quantitative estimate of drug-likeness (QED) is 0.0241. The Hall–Kier alpha value is -5.39. The minimum absolute atomic E-state index is 0. The van der Waals surface area contributed by atoms with Gasteiger partial charge in [-0.15, -0.1) is 0 Å². The number of rotatable bonds is 106. The van der Waals surface area contributed by atoms with Gasteiger partial charge in [-0.25, -0.2) is 0 Å². The molecular formula is C126H239N3O14. The lowest BCUT2D eigenvalue weighted by Gasteiger charge is -2.18. The standard InChI is InChI=1S/C44H83NO4.C41H75NO6.C39H73NO4.2CH4/c1-5-6-7-8-9-10-11-12-13-15-18-21-24-27-30-33-37-42(49-44(47)40-36-41-45(2)3)38-34-31-28-25-22-19-16-14-17-20-23-26-29-32-35-39-43(46)48-4;1-5-7-9-11-13-21-27-36-46-39(43)32-25-19-15-17-23-30-38(48-41(45)34-29-35-42(3)4)31-24-18-16-20-26-33-40(44)47-37-28-22-14-12-10-8-6-2;1-5-7-8-9-10-11-12-13-16-19-22-25-28-32-37(44-39(42)35-31-36-40(3)4)33-29-26-23-20-17-14-15-18-21-24-27-30-34-38(41)43-6-2;;/h12-14,17,42H,5-11,15-16,18-41H2,1-4H3;21-22,27-28,38H,5-20,23-26,29-37H2,1-4H3;10-11,18,21,37H,5-9,12-17,19-20,22-36H2,1-4H3;2*1H4/b13-12-,17-14-;27-21-,28-22-;11-10-,21-18-;;. The molecule has 0 saturated heterocycles. The normalized spacial score (nSPS) is 12.0. The summed E-state index contributed by atoms with van der Waals surface area (Å²) in [5, 5.41) is 0. The molecule has 0 N–H and O–H groups in total. The second-order valence-corrected chi connectivity index (χ2v) is 41.3. The predicted molar refractivity (Wildman–Crippen MR) is 615 cm³/mol. The molecule has 0 bridgehead atoms. The zero-order valence-electron chi connectivity index (χ0n) is 94.9. The minimum atomic E-state index is -0.108. The second kappa shape index (κ2) is 124. The molecule has 2 atom stereocenters. The van der Waals surface area contributed by atoms with Crippen molar-refractivity contribution in [3.63, 3.8) is 0 Å². The zero-order valence-corrected chi connectivity index (χ0v) is 94.9. The highest BCUT2D eigenvalue weighted by atomic mass is 16.6. The maximum atomic E-state index is 12.5. The molecule has 0 aliphatic rings. The highest BCUT2D eigenvalue weighted by Gasteiger charge is 2.19. The molecule has 0 aromatic heterocycles. The summed E-state index contributed by atoms with van der Waals surface area (Å²) in [6.07, 6.45) is 122. The topological polar surface area (TPSA) is 194 Å². The maximum absolute atomic E-state index is 12.5. The van der Waals surface area contributed by atoms with Crippen molar-refractivity contribution in [3.05, 3.63) is 72.9 Å². The summed E-state index contributed by atoms with van der Waals surface area (Å²) in [7, 11) is 13.7. The molecule has 0 radical (unpaired) electrons. The van der Waals surface area contributed by atoms with E-state index in [1.54, 1.807) is 0 Å². The zero-order chi connectivity index (χ0) is 104. The van der Waals surface area contributed by atoms with Crippen molar-refractivity contribution in [1.29, 1.82) is 0 Å². The average Bonchev–Trinajstić information content (AvgIpc) is 0.965. The first-order valence-electron chi connectivity index (χ1n) is 59.8. The Kier molecular flexibility index (Phi) is 126. The van der Waals surface area contributed by atoms with E-state index in [9.17, 15) is 33.6 Å². The highest BCUT2D eigenvalue weighted by molar-refractivity contribution is 5.71. The smallest absolute Gasteiger partial charge is 0.306 e. The van der Waals surface area contributed by atoms with Gasteiger partial charge in [-0.2, -0.15) is 0 Å². The molecule has 0 heterocycles. The lowest BCUT2D eigenvalue weighted by molar-refractivity contribution is -0.151. The van der Waals surface area contributed by atoms with Gasteiger partial charge >= 0.3 is 41.8 Å². The Morgan fingerprint density at radius 1 is 0.196 bits per heavy atom.